The van der Waals surface area contributed by atoms with Crippen LogP contribution >= 0.6 is 0 Å². The minimum Gasteiger partial charge on any atom is -0.481 e. The predicted octanol–water partition coefficient (Wildman–Crippen LogP) is -0.838. The molecule has 1 rings (SSSR count). The Balaban J connectivity index is 2.34. The molecule has 8 N–H and O–H groups in total. The number of aliphatic hydroxyl groups excluding tert-OH is 5. The summed E-state index contributed by atoms with van der Waals surface area (Å²) in [5, 5.41) is 61.7. The maximum Gasteiger partial charge on any atom is 0.303 e. The van der Waals surface area contributed by atoms with E-state index in [9.17, 15) is 34.8 Å². The zero-order chi connectivity index (χ0) is 28.3. The van der Waals surface area contributed by atoms with Gasteiger partial charge in [0.05, 0.1) is 19.8 Å². The van der Waals surface area contributed by atoms with E-state index in [-0.39, 0.29) is 31.9 Å². The number of hydrogen-bond donors (Lipinski definition) is 8. The molecule has 1 heterocycles. The highest BCUT2D eigenvalue weighted by atomic mass is 16.7. The molecule has 0 aromatic carbocycles. The van der Waals surface area contributed by atoms with E-state index in [0.717, 1.165) is 57.8 Å². The average molecular weight is 551 g/mol. The highest BCUT2D eigenvalue weighted by Crippen LogP contribution is 2.22. The highest BCUT2D eigenvalue weighted by molar-refractivity contribution is 5.87. The third kappa shape index (κ3) is 13.8. The largest absolute Gasteiger partial charge is 0.481 e. The van der Waals surface area contributed by atoms with E-state index in [4.69, 9.17) is 19.7 Å². The van der Waals surface area contributed by atoms with Crippen molar-refractivity contribution in [1.29, 1.82) is 0 Å². The van der Waals surface area contributed by atoms with E-state index in [1.807, 2.05) is 0 Å². The highest BCUT2D eigenvalue weighted by Gasteiger charge is 2.44. The lowest BCUT2D eigenvalue weighted by Gasteiger charge is -2.39. The lowest BCUT2D eigenvalue weighted by Crippen LogP contribution is -2.60. The number of rotatable bonds is 21. The van der Waals surface area contributed by atoms with Crippen molar-refractivity contribution in [3.63, 3.8) is 0 Å². The second-order valence-corrected chi connectivity index (χ2v) is 9.59. The Morgan fingerprint density at radius 2 is 1.34 bits per heavy atom. The Morgan fingerprint density at radius 3 is 1.87 bits per heavy atom. The van der Waals surface area contributed by atoms with Gasteiger partial charge in [0, 0.05) is 19.4 Å². The second-order valence-electron chi connectivity index (χ2n) is 9.59. The van der Waals surface area contributed by atoms with E-state index < -0.39 is 61.8 Å². The summed E-state index contributed by atoms with van der Waals surface area (Å²) < 4.78 is 10.7. The van der Waals surface area contributed by atoms with Crippen LogP contribution in [0.15, 0.2) is 0 Å². The molecule has 1 aliphatic rings. The minimum absolute atomic E-state index is 0.0341. The molecule has 13 heteroatoms. The van der Waals surface area contributed by atoms with Crippen LogP contribution < -0.4 is 10.6 Å². The molecule has 0 radical (unpaired) electrons. The van der Waals surface area contributed by atoms with Crippen molar-refractivity contribution in [1.82, 2.24) is 10.6 Å². The molecule has 1 fully saturated rings. The van der Waals surface area contributed by atoms with Gasteiger partial charge in [-0.15, -0.1) is 0 Å². The van der Waals surface area contributed by atoms with E-state index in [2.05, 4.69) is 10.6 Å². The Bertz CT molecular complexity index is 680. The number of unbranched alkanes of at least 4 members (excludes halogenated alkanes) is 9. The Kier molecular flexibility index (Phi) is 18.1. The molecule has 222 valence electrons. The molecule has 38 heavy (non-hydrogen) atoms. The third-order valence-corrected chi connectivity index (χ3v) is 6.38. The standard InChI is InChI=1S/C25H46N2O11/c28-14-13-26-24(36)17(16-37-25-23(35)22(34)21(33)18(15-29)38-25)27-19(30)11-9-7-5-3-1-2-4-6-8-10-12-20(31)32/h17-18,21-23,25,28-29,33-35H,1-16H2,(H,26,36)(H,27,30)(H,31,32)/t17?,18-,21+,22+,23-,25-/m1/s1. The van der Waals surface area contributed by atoms with Gasteiger partial charge in [-0.1, -0.05) is 51.4 Å². The van der Waals surface area contributed by atoms with E-state index in [1.54, 1.807) is 0 Å². The predicted molar refractivity (Wildman–Crippen MR) is 135 cm³/mol. The van der Waals surface area contributed by atoms with Crippen LogP contribution in [0.1, 0.15) is 77.0 Å². The summed E-state index contributed by atoms with van der Waals surface area (Å²) in [7, 11) is 0. The fourth-order valence-electron chi connectivity index (χ4n) is 4.12. The molecule has 1 saturated heterocycles. The van der Waals surface area contributed by atoms with Crippen LogP contribution in [-0.4, -0.2) is 112 Å². The van der Waals surface area contributed by atoms with Crippen molar-refractivity contribution in [2.24, 2.45) is 0 Å². The first-order valence-electron chi connectivity index (χ1n) is 13.5. The molecule has 0 spiro atoms. The molecule has 0 bridgehead atoms. The minimum atomic E-state index is -1.64. The molecule has 0 aromatic rings. The molecule has 0 aliphatic carbocycles. The maximum atomic E-state index is 12.4. The number of nitrogens with one attached hydrogen (secondary N) is 2. The first-order chi connectivity index (χ1) is 18.2. The van der Waals surface area contributed by atoms with Crippen molar-refractivity contribution >= 4 is 17.8 Å². The number of carbonyl (C=O) groups excluding carboxylic acids is 2. The molecule has 2 amide bonds. The molecule has 6 atom stereocenters. The monoisotopic (exact) mass is 550 g/mol. The zero-order valence-corrected chi connectivity index (χ0v) is 22.0. The lowest BCUT2D eigenvalue weighted by atomic mass is 9.99. The number of carbonyl (C=O) groups is 3. The van der Waals surface area contributed by atoms with Crippen LogP contribution in [0.2, 0.25) is 0 Å². The summed E-state index contributed by atoms with van der Waals surface area (Å²) >= 11 is 0. The van der Waals surface area contributed by atoms with Gasteiger partial charge < -0.3 is 50.7 Å². The average Bonchev–Trinajstić information content (AvgIpc) is 2.89. The van der Waals surface area contributed by atoms with Crippen LogP contribution in [0.3, 0.4) is 0 Å². The summed E-state index contributed by atoms with van der Waals surface area (Å²) in [4.78, 5) is 35.3. The number of aliphatic carboxylic acids is 1. The summed E-state index contributed by atoms with van der Waals surface area (Å²) in [6, 6.07) is -1.16. The van der Waals surface area contributed by atoms with Gasteiger partial charge in [-0.05, 0) is 12.8 Å². The van der Waals surface area contributed by atoms with Gasteiger partial charge in [0.1, 0.15) is 30.5 Å². The third-order valence-electron chi connectivity index (χ3n) is 6.38. The molecule has 1 aliphatic heterocycles. The van der Waals surface area contributed by atoms with Crippen LogP contribution in [-0.2, 0) is 23.9 Å². The molecule has 0 aromatic heterocycles. The van der Waals surface area contributed by atoms with E-state index >= 15 is 0 Å². The van der Waals surface area contributed by atoms with Crippen LogP contribution in [0, 0.1) is 0 Å². The van der Waals surface area contributed by atoms with E-state index in [0.29, 0.717) is 6.42 Å². The summed E-state index contributed by atoms with van der Waals surface area (Å²) in [5.41, 5.74) is 0. The first-order valence-corrected chi connectivity index (χ1v) is 13.5. The number of carboxylic acid groups (broad SMARTS) is 1. The Morgan fingerprint density at radius 1 is 0.789 bits per heavy atom. The van der Waals surface area contributed by atoms with Crippen molar-refractivity contribution in [3.8, 4) is 0 Å². The molecular formula is C25H46N2O11. The van der Waals surface area contributed by atoms with E-state index in [1.165, 1.54) is 0 Å². The van der Waals surface area contributed by atoms with Gasteiger partial charge in [0.2, 0.25) is 11.8 Å². The number of aliphatic hydroxyl groups is 5. The fourth-order valence-corrected chi connectivity index (χ4v) is 4.12. The van der Waals surface area contributed by atoms with Crippen LogP contribution in [0.5, 0.6) is 0 Å². The number of ether oxygens (including phenoxy) is 2. The van der Waals surface area contributed by atoms with Crippen molar-refractivity contribution < 1.29 is 54.5 Å². The van der Waals surface area contributed by atoms with Crippen molar-refractivity contribution in [2.45, 2.75) is 114 Å². The van der Waals surface area contributed by atoms with Crippen molar-refractivity contribution in [2.75, 3.05) is 26.4 Å². The lowest BCUT2D eigenvalue weighted by molar-refractivity contribution is -0.301. The molecule has 1 unspecified atom stereocenters. The summed E-state index contributed by atoms with van der Waals surface area (Å²) in [6.45, 7) is -1.38. The van der Waals surface area contributed by atoms with Gasteiger partial charge in [-0.3, -0.25) is 14.4 Å². The number of carboxylic acids is 1. The summed E-state index contributed by atoms with van der Waals surface area (Å²) in [6.07, 6.45) is 2.51. The zero-order valence-electron chi connectivity index (χ0n) is 22.0. The Hall–Kier alpha value is -1.87. The Labute approximate surface area is 223 Å². The molecular weight excluding hydrogens is 504 g/mol. The normalized spacial score (nSPS) is 24.1. The topological polar surface area (TPSA) is 215 Å². The van der Waals surface area contributed by atoms with Gasteiger partial charge in [0.25, 0.3) is 0 Å². The van der Waals surface area contributed by atoms with Crippen LogP contribution in [0.4, 0.5) is 0 Å². The van der Waals surface area contributed by atoms with Gasteiger partial charge in [-0.25, -0.2) is 0 Å². The maximum absolute atomic E-state index is 12.4. The second kappa shape index (κ2) is 20.1. The first kappa shape index (κ1) is 34.2. The van der Waals surface area contributed by atoms with Gasteiger partial charge in [0.15, 0.2) is 6.29 Å². The van der Waals surface area contributed by atoms with Crippen LogP contribution in [0.25, 0.3) is 0 Å². The fraction of sp³-hybridized carbons (Fsp3) is 0.880. The molecule has 0 saturated carbocycles. The smallest absolute Gasteiger partial charge is 0.303 e. The number of hydrogen-bond acceptors (Lipinski definition) is 10. The van der Waals surface area contributed by atoms with Gasteiger partial charge >= 0.3 is 5.97 Å². The number of amides is 2. The molecule has 13 nitrogen and oxygen atoms in total. The quantitative estimate of drug-likeness (QED) is 0.0825. The summed E-state index contributed by atoms with van der Waals surface area (Å²) in [5.74, 6) is -1.73. The van der Waals surface area contributed by atoms with Gasteiger partial charge in [-0.2, -0.15) is 0 Å². The SMILES string of the molecule is O=C(O)CCCCCCCCCCCCC(=O)NC(CO[C@@H]1O[C@H](CO)[C@H](O)[C@H](O)[C@H]1O)C(=O)NCCO. The van der Waals surface area contributed by atoms with Crippen molar-refractivity contribution in [3.05, 3.63) is 0 Å².